The van der Waals surface area contributed by atoms with Crippen LogP contribution in [-0.2, 0) is 6.54 Å². The molecule has 2 nitrogen and oxygen atoms in total. The highest BCUT2D eigenvalue weighted by molar-refractivity contribution is 5.85. The van der Waals surface area contributed by atoms with E-state index in [1.54, 1.807) is 0 Å². The molecule has 2 N–H and O–H groups in total. The number of nitrogens with one attached hydrogen (secondary N) is 1. The molecule has 0 radical (unpaired) electrons. The van der Waals surface area contributed by atoms with E-state index in [0.717, 1.165) is 37.6 Å². The van der Waals surface area contributed by atoms with Gasteiger partial charge in [-0.25, -0.2) is 0 Å². The Morgan fingerprint density at radius 2 is 1.70 bits per heavy atom. The molecule has 120 valence electrons. The molecule has 4 fully saturated rings. The fraction of sp³-hybridized carbons (Fsp3) is 0.524. The molecule has 2 aromatic carbocycles. The van der Waals surface area contributed by atoms with E-state index in [1.807, 2.05) is 0 Å². The van der Waals surface area contributed by atoms with Crippen molar-refractivity contribution < 1.29 is 5.11 Å². The summed E-state index contributed by atoms with van der Waals surface area (Å²) >= 11 is 0. The van der Waals surface area contributed by atoms with Gasteiger partial charge in [0.25, 0.3) is 0 Å². The van der Waals surface area contributed by atoms with E-state index >= 15 is 0 Å². The Labute approximate surface area is 137 Å². The van der Waals surface area contributed by atoms with Crippen LogP contribution in [0.25, 0.3) is 10.8 Å². The van der Waals surface area contributed by atoms with Gasteiger partial charge in [-0.3, -0.25) is 0 Å². The van der Waals surface area contributed by atoms with Crippen LogP contribution < -0.4 is 5.32 Å². The van der Waals surface area contributed by atoms with E-state index < -0.39 is 0 Å². The lowest BCUT2D eigenvalue weighted by Gasteiger charge is -2.60. The van der Waals surface area contributed by atoms with Crippen LogP contribution in [0.3, 0.4) is 0 Å². The van der Waals surface area contributed by atoms with Gasteiger partial charge in [0.05, 0.1) is 5.60 Å². The molecule has 2 unspecified atom stereocenters. The fourth-order valence-electron chi connectivity index (χ4n) is 6.15. The van der Waals surface area contributed by atoms with Gasteiger partial charge in [0.15, 0.2) is 0 Å². The van der Waals surface area contributed by atoms with Crippen LogP contribution in [0, 0.1) is 11.8 Å². The standard InChI is InChI=1S/C21H25NO/c23-21-11-15-8-16(12-21)10-20(9-15,14-21)22-13-18-6-3-5-17-4-1-2-7-19(17)18/h1-7,15-16,22-23H,8-14H2/t15-,16+,20?,21?. The molecular formula is C21H25NO. The highest BCUT2D eigenvalue weighted by Crippen LogP contribution is 2.57. The predicted molar refractivity (Wildman–Crippen MR) is 93.2 cm³/mol. The van der Waals surface area contributed by atoms with E-state index in [2.05, 4.69) is 47.8 Å². The quantitative estimate of drug-likeness (QED) is 0.898. The zero-order valence-corrected chi connectivity index (χ0v) is 13.6. The van der Waals surface area contributed by atoms with E-state index in [9.17, 15) is 5.11 Å². The molecule has 4 bridgehead atoms. The molecule has 0 aromatic heterocycles. The average Bonchev–Trinajstić information content (AvgIpc) is 2.50. The number of hydrogen-bond donors (Lipinski definition) is 2. The van der Waals surface area contributed by atoms with Gasteiger partial charge in [0, 0.05) is 12.1 Å². The smallest absolute Gasteiger partial charge is 0.0670 e. The number of fused-ring (bicyclic) bond motifs is 1. The topological polar surface area (TPSA) is 32.3 Å². The Morgan fingerprint density at radius 1 is 0.957 bits per heavy atom. The molecule has 23 heavy (non-hydrogen) atoms. The predicted octanol–water partition coefficient (Wildman–Crippen LogP) is 4.01. The minimum Gasteiger partial charge on any atom is -0.390 e. The maximum absolute atomic E-state index is 10.9. The van der Waals surface area contributed by atoms with Crippen LogP contribution in [0.1, 0.15) is 44.1 Å². The molecule has 4 atom stereocenters. The maximum atomic E-state index is 10.9. The monoisotopic (exact) mass is 307 g/mol. The Bertz CT molecular complexity index is 733. The van der Waals surface area contributed by atoms with Crippen LogP contribution in [0.4, 0.5) is 0 Å². The van der Waals surface area contributed by atoms with Gasteiger partial charge in [-0.2, -0.15) is 0 Å². The number of hydrogen-bond acceptors (Lipinski definition) is 2. The third-order valence-electron chi connectivity index (χ3n) is 6.56. The summed E-state index contributed by atoms with van der Waals surface area (Å²) < 4.78 is 0. The largest absolute Gasteiger partial charge is 0.390 e. The normalized spacial score (nSPS) is 38.3. The SMILES string of the molecule is OC12C[C@H]3C[C@@H](C1)CC(NCc1cccc4ccccc14)(C3)C2. The summed E-state index contributed by atoms with van der Waals surface area (Å²) in [4.78, 5) is 0. The summed E-state index contributed by atoms with van der Waals surface area (Å²) in [5.74, 6) is 1.47. The van der Waals surface area contributed by atoms with Crippen molar-refractivity contribution in [3.05, 3.63) is 48.0 Å². The lowest BCUT2D eigenvalue weighted by Crippen LogP contribution is -2.64. The van der Waals surface area contributed by atoms with Crippen molar-refractivity contribution in [2.75, 3.05) is 0 Å². The van der Waals surface area contributed by atoms with Gasteiger partial charge in [-0.1, -0.05) is 42.5 Å². The molecule has 0 spiro atoms. The second-order valence-corrected chi connectivity index (χ2v) is 8.46. The Hall–Kier alpha value is -1.38. The number of aliphatic hydroxyl groups is 1. The van der Waals surface area contributed by atoms with Crippen LogP contribution in [0.2, 0.25) is 0 Å². The first kappa shape index (κ1) is 14.0. The summed E-state index contributed by atoms with van der Waals surface area (Å²) in [7, 11) is 0. The molecule has 2 aromatic rings. The van der Waals surface area contributed by atoms with Gasteiger partial charge >= 0.3 is 0 Å². The van der Waals surface area contributed by atoms with Crippen molar-refractivity contribution in [3.63, 3.8) is 0 Å². The lowest BCUT2D eigenvalue weighted by molar-refractivity contribution is -0.142. The summed E-state index contributed by atoms with van der Waals surface area (Å²) in [6, 6.07) is 15.2. The second-order valence-electron chi connectivity index (χ2n) is 8.46. The van der Waals surface area contributed by atoms with Crippen molar-refractivity contribution in [2.45, 2.75) is 56.2 Å². The summed E-state index contributed by atoms with van der Waals surface area (Å²) in [5, 5.41) is 17.5. The maximum Gasteiger partial charge on any atom is 0.0670 e. The van der Waals surface area contributed by atoms with Crippen LogP contribution in [-0.4, -0.2) is 16.2 Å². The zero-order chi connectivity index (χ0) is 15.5. The molecule has 0 heterocycles. The molecule has 2 heteroatoms. The van der Waals surface area contributed by atoms with Gasteiger partial charge in [0.1, 0.15) is 0 Å². The second kappa shape index (κ2) is 4.81. The third kappa shape index (κ3) is 2.31. The van der Waals surface area contributed by atoms with Crippen molar-refractivity contribution in [2.24, 2.45) is 11.8 Å². The molecule has 4 saturated carbocycles. The van der Waals surface area contributed by atoms with E-state index in [4.69, 9.17) is 0 Å². The minimum atomic E-state index is -0.379. The first-order valence-corrected chi connectivity index (χ1v) is 9.07. The molecule has 4 aliphatic carbocycles. The first-order chi connectivity index (χ1) is 11.1. The molecule has 0 amide bonds. The van der Waals surface area contributed by atoms with Crippen molar-refractivity contribution >= 4 is 10.8 Å². The molecular weight excluding hydrogens is 282 g/mol. The van der Waals surface area contributed by atoms with Crippen molar-refractivity contribution in [1.82, 2.24) is 5.32 Å². The highest BCUT2D eigenvalue weighted by Gasteiger charge is 2.56. The molecule has 0 aliphatic heterocycles. The van der Waals surface area contributed by atoms with Crippen LogP contribution >= 0.6 is 0 Å². The Morgan fingerprint density at radius 3 is 2.48 bits per heavy atom. The molecule has 0 saturated heterocycles. The number of benzene rings is 2. The lowest BCUT2D eigenvalue weighted by atomic mass is 9.51. The number of rotatable bonds is 3. The van der Waals surface area contributed by atoms with Gasteiger partial charge in [-0.05, 0) is 66.7 Å². The fourth-order valence-corrected chi connectivity index (χ4v) is 6.15. The Kier molecular flexibility index (Phi) is 2.93. The summed E-state index contributed by atoms with van der Waals surface area (Å²) in [5.41, 5.74) is 1.18. The zero-order valence-electron chi connectivity index (χ0n) is 13.6. The average molecular weight is 307 g/mol. The van der Waals surface area contributed by atoms with E-state index in [-0.39, 0.29) is 11.1 Å². The Balaban J connectivity index is 1.42. The van der Waals surface area contributed by atoms with Gasteiger partial charge in [-0.15, -0.1) is 0 Å². The van der Waals surface area contributed by atoms with Crippen LogP contribution in [0.15, 0.2) is 42.5 Å². The molecule has 4 aliphatic rings. The molecule has 6 rings (SSSR count). The highest BCUT2D eigenvalue weighted by atomic mass is 16.3. The summed E-state index contributed by atoms with van der Waals surface area (Å²) in [6.07, 6.45) is 6.91. The minimum absolute atomic E-state index is 0.176. The van der Waals surface area contributed by atoms with Gasteiger partial charge < -0.3 is 10.4 Å². The summed E-state index contributed by atoms with van der Waals surface area (Å²) in [6.45, 7) is 0.914. The van der Waals surface area contributed by atoms with E-state index in [1.165, 1.54) is 35.6 Å². The van der Waals surface area contributed by atoms with E-state index in [0.29, 0.717) is 0 Å². The van der Waals surface area contributed by atoms with Crippen molar-refractivity contribution in [1.29, 1.82) is 0 Å². The third-order valence-corrected chi connectivity index (χ3v) is 6.56. The van der Waals surface area contributed by atoms with Crippen molar-refractivity contribution in [3.8, 4) is 0 Å². The van der Waals surface area contributed by atoms with Gasteiger partial charge in [0.2, 0.25) is 0 Å². The first-order valence-electron chi connectivity index (χ1n) is 9.07. The van der Waals surface area contributed by atoms with Crippen LogP contribution in [0.5, 0.6) is 0 Å².